The van der Waals surface area contributed by atoms with Gasteiger partial charge in [0.25, 0.3) is 5.91 Å². The van der Waals surface area contributed by atoms with Crippen molar-refractivity contribution in [2.24, 2.45) is 17.4 Å². The number of carbonyl (C=O) groups is 2. The lowest BCUT2D eigenvalue weighted by Crippen LogP contribution is -2.37. The van der Waals surface area contributed by atoms with Gasteiger partial charge in [-0.05, 0) is 30.5 Å². The van der Waals surface area contributed by atoms with Crippen molar-refractivity contribution in [3.05, 3.63) is 35.5 Å². The third-order valence-electron chi connectivity index (χ3n) is 4.00. The van der Waals surface area contributed by atoms with Gasteiger partial charge < -0.3 is 22.1 Å². The Labute approximate surface area is 165 Å². The fourth-order valence-corrected chi connectivity index (χ4v) is 3.39. The van der Waals surface area contributed by atoms with Crippen molar-refractivity contribution in [1.29, 1.82) is 0 Å². The SMILES string of the molecule is CC(C)CC(Nc1ncc(C(N)=O)c(Nc2ccc3ncsc3c2)n1)C(N)=O. The van der Waals surface area contributed by atoms with Crippen LogP contribution in [0, 0.1) is 5.92 Å². The van der Waals surface area contributed by atoms with Crippen molar-refractivity contribution in [1.82, 2.24) is 15.0 Å². The van der Waals surface area contributed by atoms with Crippen LogP contribution in [0.3, 0.4) is 0 Å². The number of fused-ring (bicyclic) bond motifs is 1. The van der Waals surface area contributed by atoms with Crippen LogP contribution in [-0.4, -0.2) is 32.8 Å². The van der Waals surface area contributed by atoms with E-state index in [2.05, 4.69) is 25.6 Å². The lowest BCUT2D eigenvalue weighted by molar-refractivity contribution is -0.119. The van der Waals surface area contributed by atoms with Gasteiger partial charge in [0.2, 0.25) is 11.9 Å². The first-order chi connectivity index (χ1) is 13.3. The molecule has 0 aliphatic rings. The molecule has 6 N–H and O–H groups in total. The van der Waals surface area contributed by atoms with Crippen molar-refractivity contribution >= 4 is 50.8 Å². The van der Waals surface area contributed by atoms with Gasteiger partial charge in [0.15, 0.2) is 0 Å². The maximum atomic E-state index is 11.8. The summed E-state index contributed by atoms with van der Waals surface area (Å²) >= 11 is 1.50. The molecule has 1 aromatic carbocycles. The molecule has 146 valence electrons. The molecule has 3 aromatic rings. The lowest BCUT2D eigenvalue weighted by atomic mass is 10.0. The van der Waals surface area contributed by atoms with E-state index in [1.54, 1.807) is 5.51 Å². The van der Waals surface area contributed by atoms with Gasteiger partial charge in [0.05, 0.1) is 15.7 Å². The summed E-state index contributed by atoms with van der Waals surface area (Å²) in [6, 6.07) is 4.97. The van der Waals surface area contributed by atoms with E-state index in [4.69, 9.17) is 11.5 Å². The molecule has 10 heteroatoms. The van der Waals surface area contributed by atoms with Crippen LogP contribution in [0.5, 0.6) is 0 Å². The molecule has 28 heavy (non-hydrogen) atoms. The van der Waals surface area contributed by atoms with Crippen LogP contribution >= 0.6 is 11.3 Å². The number of benzene rings is 1. The van der Waals surface area contributed by atoms with Crippen LogP contribution in [0.15, 0.2) is 29.9 Å². The Balaban J connectivity index is 1.90. The van der Waals surface area contributed by atoms with Crippen LogP contribution in [-0.2, 0) is 4.79 Å². The fourth-order valence-electron chi connectivity index (χ4n) is 2.67. The number of anilines is 3. The third kappa shape index (κ3) is 4.52. The smallest absolute Gasteiger partial charge is 0.254 e. The number of thiazole rings is 1. The largest absolute Gasteiger partial charge is 0.368 e. The Morgan fingerprint density at radius 2 is 2.00 bits per heavy atom. The molecular weight excluding hydrogens is 378 g/mol. The van der Waals surface area contributed by atoms with E-state index in [1.807, 2.05) is 32.0 Å². The van der Waals surface area contributed by atoms with Crippen molar-refractivity contribution in [3.8, 4) is 0 Å². The molecule has 0 saturated carbocycles. The van der Waals surface area contributed by atoms with E-state index in [-0.39, 0.29) is 23.2 Å². The fraction of sp³-hybridized carbons (Fsp3) is 0.278. The molecule has 2 amide bonds. The van der Waals surface area contributed by atoms with E-state index < -0.39 is 17.9 Å². The zero-order valence-electron chi connectivity index (χ0n) is 15.5. The Kier molecular flexibility index (Phi) is 5.69. The molecule has 0 spiro atoms. The van der Waals surface area contributed by atoms with Crippen molar-refractivity contribution in [2.75, 3.05) is 10.6 Å². The average Bonchev–Trinajstić information content (AvgIpc) is 3.08. The number of primary amides is 2. The Hall–Kier alpha value is -3.27. The van der Waals surface area contributed by atoms with Crippen molar-refractivity contribution in [2.45, 2.75) is 26.3 Å². The van der Waals surface area contributed by atoms with E-state index >= 15 is 0 Å². The van der Waals surface area contributed by atoms with Crippen LogP contribution in [0.4, 0.5) is 17.5 Å². The van der Waals surface area contributed by atoms with Gasteiger partial charge in [0, 0.05) is 11.9 Å². The number of nitrogens with zero attached hydrogens (tertiary/aromatic N) is 3. The molecule has 0 fully saturated rings. The summed E-state index contributed by atoms with van der Waals surface area (Å²) < 4.78 is 0.990. The first kappa shape index (κ1) is 19.5. The molecule has 0 saturated heterocycles. The van der Waals surface area contributed by atoms with Gasteiger partial charge in [-0.15, -0.1) is 11.3 Å². The number of hydrogen-bond donors (Lipinski definition) is 4. The summed E-state index contributed by atoms with van der Waals surface area (Å²) in [6.45, 7) is 3.97. The average molecular weight is 399 g/mol. The van der Waals surface area contributed by atoms with Crippen molar-refractivity contribution < 1.29 is 9.59 Å². The quantitative estimate of drug-likeness (QED) is 0.454. The van der Waals surface area contributed by atoms with E-state index in [9.17, 15) is 9.59 Å². The number of aromatic nitrogens is 3. The highest BCUT2D eigenvalue weighted by molar-refractivity contribution is 7.16. The maximum absolute atomic E-state index is 11.8. The number of nitrogens with one attached hydrogen (secondary N) is 2. The van der Waals surface area contributed by atoms with Crippen LogP contribution in [0.1, 0.15) is 30.6 Å². The minimum absolute atomic E-state index is 0.134. The summed E-state index contributed by atoms with van der Waals surface area (Å²) in [5.41, 5.74) is 14.4. The van der Waals surface area contributed by atoms with Gasteiger partial charge in [-0.3, -0.25) is 9.59 Å². The highest BCUT2D eigenvalue weighted by Crippen LogP contribution is 2.25. The summed E-state index contributed by atoms with van der Waals surface area (Å²) in [6.07, 6.45) is 1.85. The number of amides is 2. The van der Waals surface area contributed by atoms with E-state index in [0.29, 0.717) is 6.42 Å². The molecule has 3 rings (SSSR count). The third-order valence-corrected chi connectivity index (χ3v) is 4.79. The zero-order valence-corrected chi connectivity index (χ0v) is 16.3. The Morgan fingerprint density at radius 1 is 1.21 bits per heavy atom. The first-order valence-electron chi connectivity index (χ1n) is 8.66. The number of nitrogens with two attached hydrogens (primary N) is 2. The minimum Gasteiger partial charge on any atom is -0.368 e. The second-order valence-corrected chi connectivity index (χ2v) is 7.60. The monoisotopic (exact) mass is 399 g/mol. The van der Waals surface area contributed by atoms with E-state index in [0.717, 1.165) is 15.9 Å². The Bertz CT molecular complexity index is 1020. The van der Waals surface area contributed by atoms with Gasteiger partial charge in [-0.2, -0.15) is 4.98 Å². The van der Waals surface area contributed by atoms with Gasteiger partial charge >= 0.3 is 0 Å². The summed E-state index contributed by atoms with van der Waals surface area (Å²) in [5, 5.41) is 6.02. The zero-order chi connectivity index (χ0) is 20.3. The van der Waals surface area contributed by atoms with Crippen LogP contribution in [0.2, 0.25) is 0 Å². The summed E-state index contributed by atoms with van der Waals surface area (Å²) in [5.74, 6) is -0.501. The molecule has 1 atom stereocenters. The number of rotatable bonds is 8. The predicted octanol–water partition coefficient (Wildman–Crippen LogP) is 2.24. The standard InChI is InChI=1S/C18H21N7O2S/c1-9(2)5-13(16(20)27)24-18-21-7-11(15(19)26)17(25-18)23-10-3-4-12-14(6-10)28-8-22-12/h3-4,6-9,13H,5H2,1-2H3,(H2,19,26)(H2,20,27)(H2,21,23,24,25). The lowest BCUT2D eigenvalue weighted by Gasteiger charge is -2.18. The summed E-state index contributed by atoms with van der Waals surface area (Å²) in [4.78, 5) is 36.1. The topological polar surface area (TPSA) is 149 Å². The molecule has 1 unspecified atom stereocenters. The highest BCUT2D eigenvalue weighted by atomic mass is 32.1. The highest BCUT2D eigenvalue weighted by Gasteiger charge is 2.19. The van der Waals surface area contributed by atoms with Gasteiger partial charge in [-0.1, -0.05) is 13.8 Å². The molecule has 2 aromatic heterocycles. The molecule has 0 bridgehead atoms. The number of carbonyl (C=O) groups excluding carboxylic acids is 2. The van der Waals surface area contributed by atoms with E-state index in [1.165, 1.54) is 17.5 Å². The molecule has 0 aliphatic carbocycles. The molecule has 2 heterocycles. The predicted molar refractivity (Wildman–Crippen MR) is 110 cm³/mol. The molecule has 0 radical (unpaired) electrons. The second kappa shape index (κ2) is 8.17. The Morgan fingerprint density at radius 3 is 2.68 bits per heavy atom. The molecule has 0 aliphatic heterocycles. The normalized spacial score (nSPS) is 12.1. The first-order valence-corrected chi connectivity index (χ1v) is 9.54. The van der Waals surface area contributed by atoms with Crippen LogP contribution < -0.4 is 22.1 Å². The molecule has 9 nitrogen and oxygen atoms in total. The number of hydrogen-bond acceptors (Lipinski definition) is 8. The van der Waals surface area contributed by atoms with Crippen molar-refractivity contribution in [3.63, 3.8) is 0 Å². The molecular formula is C18H21N7O2S. The maximum Gasteiger partial charge on any atom is 0.254 e. The second-order valence-electron chi connectivity index (χ2n) is 6.71. The van der Waals surface area contributed by atoms with Crippen LogP contribution in [0.25, 0.3) is 10.2 Å². The van der Waals surface area contributed by atoms with Gasteiger partial charge in [-0.25, -0.2) is 9.97 Å². The van der Waals surface area contributed by atoms with Gasteiger partial charge in [0.1, 0.15) is 17.4 Å². The minimum atomic E-state index is -0.665. The summed E-state index contributed by atoms with van der Waals surface area (Å²) in [7, 11) is 0.